The van der Waals surface area contributed by atoms with Gasteiger partial charge in [0.25, 0.3) is 6.56 Å². The van der Waals surface area contributed by atoms with Gasteiger partial charge in [0.05, 0.1) is 0 Å². The summed E-state index contributed by atoms with van der Waals surface area (Å²) in [7, 11) is 0. The van der Waals surface area contributed by atoms with Crippen molar-refractivity contribution in [1.29, 1.82) is 0 Å². The van der Waals surface area contributed by atoms with E-state index in [4.69, 9.17) is 5.14 Å². The fraction of sp³-hybridized carbons (Fsp3) is 0.143. The molecule has 0 aliphatic rings. The molecule has 0 amide bonds. The van der Waals surface area contributed by atoms with E-state index < -0.39 is 0 Å². The summed E-state index contributed by atoms with van der Waals surface area (Å²) in [6.07, 6.45) is 0. The van der Waals surface area contributed by atoms with Crippen LogP contribution in [0, 0.1) is 12.7 Å². The van der Waals surface area contributed by atoms with Crippen molar-refractivity contribution < 1.29 is 4.39 Å². The number of benzene rings is 1. The smallest absolute Gasteiger partial charge is 0.250 e. The van der Waals surface area contributed by atoms with Gasteiger partial charge in [-0.3, -0.25) is 5.14 Å². The highest BCUT2D eigenvalue weighted by Crippen LogP contribution is 2.02. The molecule has 0 atom stereocenters. The molecule has 57 valence electrons. The van der Waals surface area contributed by atoms with Gasteiger partial charge in [-0.05, 0) is 18.6 Å². The maximum absolute atomic E-state index is 12.8. The second-order valence-corrected chi connectivity index (χ2v) is 2.77. The van der Waals surface area contributed by atoms with Crippen LogP contribution < -0.4 is 10.6 Å². The van der Waals surface area contributed by atoms with E-state index in [2.05, 4.69) is 0 Å². The number of aryl methyl sites for hydroxylation is 1. The summed E-state index contributed by atoms with van der Waals surface area (Å²) < 4.78 is 12.8. The molecule has 0 aliphatic heterocycles. The minimum Gasteiger partial charge on any atom is -0.288 e. The van der Waals surface area contributed by atoms with Gasteiger partial charge in [-0.2, -0.15) is 0 Å². The van der Waals surface area contributed by atoms with Gasteiger partial charge in [0, 0.05) is 0 Å². The first-order chi connectivity index (χ1) is 5.24. The molecule has 0 heterocycles. The van der Waals surface area contributed by atoms with E-state index in [0.29, 0.717) is 5.56 Å². The highest BCUT2D eigenvalue weighted by atomic mass is 32.2. The van der Waals surface area contributed by atoms with E-state index in [9.17, 15) is 4.39 Å². The number of hydrogen-bond acceptors (Lipinski definition) is 2. The Labute approximate surface area is 70.4 Å². The summed E-state index contributed by atoms with van der Waals surface area (Å²) in [6.45, 7) is 3.43. The van der Waals surface area contributed by atoms with E-state index in [-0.39, 0.29) is 5.82 Å². The van der Waals surface area contributed by atoms with E-state index in [1.807, 2.05) is 6.07 Å². The number of rotatable bonds is 2. The van der Waals surface area contributed by atoms with Crippen LogP contribution in [-0.4, -0.2) is 6.56 Å². The van der Waals surface area contributed by atoms with Crippen LogP contribution in [0.2, 0.25) is 0 Å². The molecule has 4 heteroatoms. The van der Waals surface area contributed by atoms with E-state index in [0.717, 1.165) is 17.3 Å². The molecule has 0 saturated carbocycles. The van der Waals surface area contributed by atoms with Crippen molar-refractivity contribution in [1.82, 2.24) is 0 Å². The van der Waals surface area contributed by atoms with E-state index >= 15 is 0 Å². The standard InChI is InChI=1S/C7H8BFNS/c1-5-2-3-6(8-11-10)4-7(5)9/h2-4H,10H2,1H3. The lowest BCUT2D eigenvalue weighted by atomic mass is 9.93. The second kappa shape index (κ2) is 3.78. The zero-order valence-corrected chi connectivity index (χ0v) is 6.99. The van der Waals surface area contributed by atoms with Gasteiger partial charge in [-0.25, -0.2) is 4.39 Å². The third-order valence-corrected chi connectivity index (χ3v) is 1.81. The summed E-state index contributed by atoms with van der Waals surface area (Å²) in [5.41, 5.74) is 1.46. The van der Waals surface area contributed by atoms with Crippen LogP contribution in [0.4, 0.5) is 4.39 Å². The Hall–Kier alpha value is -0.475. The highest BCUT2D eigenvalue weighted by Gasteiger charge is 1.99. The fourth-order valence-electron chi connectivity index (χ4n) is 0.761. The van der Waals surface area contributed by atoms with Crippen LogP contribution in [0.15, 0.2) is 18.2 Å². The summed E-state index contributed by atoms with van der Waals surface area (Å²) in [4.78, 5) is 0. The molecular weight excluding hydrogens is 160 g/mol. The van der Waals surface area contributed by atoms with Crippen molar-refractivity contribution in [2.75, 3.05) is 0 Å². The lowest BCUT2D eigenvalue weighted by molar-refractivity contribution is 0.619. The Kier molecular flexibility index (Phi) is 2.97. The number of nitrogens with two attached hydrogens (primary N) is 1. The molecule has 0 fully saturated rings. The predicted molar refractivity (Wildman–Crippen MR) is 48.3 cm³/mol. The lowest BCUT2D eigenvalue weighted by Gasteiger charge is -1.98. The Morgan fingerprint density at radius 2 is 2.27 bits per heavy atom. The molecule has 1 rings (SSSR count). The first-order valence-corrected chi connectivity index (χ1v) is 4.13. The maximum atomic E-state index is 12.8. The molecule has 0 unspecified atom stereocenters. The van der Waals surface area contributed by atoms with Crippen LogP contribution in [0.5, 0.6) is 0 Å². The van der Waals surface area contributed by atoms with Crippen molar-refractivity contribution in [3.8, 4) is 0 Å². The molecule has 0 aliphatic carbocycles. The minimum atomic E-state index is -0.187. The number of halogens is 1. The van der Waals surface area contributed by atoms with Gasteiger partial charge in [0.15, 0.2) is 0 Å². The molecular formula is C7H8BFNS. The maximum Gasteiger partial charge on any atom is 0.250 e. The molecule has 1 aromatic rings. The molecule has 2 N–H and O–H groups in total. The van der Waals surface area contributed by atoms with Gasteiger partial charge in [0.2, 0.25) is 0 Å². The zero-order valence-electron chi connectivity index (χ0n) is 6.17. The topological polar surface area (TPSA) is 26.0 Å². The zero-order chi connectivity index (χ0) is 8.27. The van der Waals surface area contributed by atoms with Crippen LogP contribution in [0.1, 0.15) is 5.56 Å². The molecule has 11 heavy (non-hydrogen) atoms. The Bertz CT molecular complexity index is 254. The molecule has 0 saturated heterocycles. The summed E-state index contributed by atoms with van der Waals surface area (Å²) in [5, 5.41) is 5.19. The average Bonchev–Trinajstić information content (AvgIpc) is 1.98. The Morgan fingerprint density at radius 1 is 1.55 bits per heavy atom. The Balaban J connectivity index is 2.86. The van der Waals surface area contributed by atoms with Crippen molar-refractivity contribution in [2.24, 2.45) is 5.14 Å². The molecule has 1 nitrogen and oxygen atoms in total. The summed E-state index contributed by atoms with van der Waals surface area (Å²) in [5.74, 6) is -0.187. The fourth-order valence-corrected chi connectivity index (χ4v) is 1.06. The third-order valence-electron chi connectivity index (χ3n) is 1.40. The van der Waals surface area contributed by atoms with Gasteiger partial charge in [-0.15, -0.1) is 11.8 Å². The first kappa shape index (κ1) is 8.62. The second-order valence-electron chi connectivity index (χ2n) is 2.26. The highest BCUT2D eigenvalue weighted by molar-refractivity contribution is 8.21. The molecule has 0 bridgehead atoms. The van der Waals surface area contributed by atoms with Crippen molar-refractivity contribution in [2.45, 2.75) is 6.92 Å². The van der Waals surface area contributed by atoms with Gasteiger partial charge in [-0.1, -0.05) is 17.6 Å². The molecule has 1 aromatic carbocycles. The van der Waals surface area contributed by atoms with E-state index in [1.54, 1.807) is 19.5 Å². The van der Waals surface area contributed by atoms with Crippen LogP contribution >= 0.6 is 11.8 Å². The van der Waals surface area contributed by atoms with Crippen LogP contribution in [0.3, 0.4) is 0 Å². The lowest BCUT2D eigenvalue weighted by Crippen LogP contribution is -2.13. The quantitative estimate of drug-likeness (QED) is 0.526. The van der Waals surface area contributed by atoms with Crippen LogP contribution in [-0.2, 0) is 0 Å². The predicted octanol–water partition coefficient (Wildman–Crippen LogP) is 0.986. The SMILES string of the molecule is Cc1ccc([B]SN)cc1F. The van der Waals surface area contributed by atoms with E-state index in [1.165, 1.54) is 6.07 Å². The normalized spacial score (nSPS) is 9.73. The van der Waals surface area contributed by atoms with Crippen molar-refractivity contribution in [3.05, 3.63) is 29.6 Å². The molecule has 0 spiro atoms. The first-order valence-electron chi connectivity index (χ1n) is 3.19. The van der Waals surface area contributed by atoms with Gasteiger partial charge >= 0.3 is 0 Å². The third kappa shape index (κ3) is 2.24. The monoisotopic (exact) mass is 168 g/mol. The molecule has 1 radical (unpaired) electrons. The van der Waals surface area contributed by atoms with Crippen molar-refractivity contribution >= 4 is 23.8 Å². The minimum absolute atomic E-state index is 0.187. The average molecular weight is 168 g/mol. The summed E-state index contributed by atoms with van der Waals surface area (Å²) in [6, 6.07) is 5.03. The number of hydrogen-bond donors (Lipinski definition) is 1. The summed E-state index contributed by atoms with van der Waals surface area (Å²) >= 11 is 1.08. The largest absolute Gasteiger partial charge is 0.288 e. The Morgan fingerprint density at radius 3 is 2.82 bits per heavy atom. The molecule has 0 aromatic heterocycles. The van der Waals surface area contributed by atoms with Gasteiger partial charge < -0.3 is 0 Å². The van der Waals surface area contributed by atoms with Gasteiger partial charge in [0.1, 0.15) is 5.82 Å². The van der Waals surface area contributed by atoms with Crippen molar-refractivity contribution in [3.63, 3.8) is 0 Å². The van der Waals surface area contributed by atoms with Crippen LogP contribution in [0.25, 0.3) is 0 Å².